The molecule has 0 aliphatic heterocycles. The zero-order valence-electron chi connectivity index (χ0n) is 16.1. The zero-order chi connectivity index (χ0) is 20.8. The number of anilines is 1. The molecule has 7 heteroatoms. The van der Waals surface area contributed by atoms with Crippen LogP contribution in [0.15, 0.2) is 48.5 Å². The van der Waals surface area contributed by atoms with Crippen molar-refractivity contribution in [1.29, 1.82) is 0 Å². The summed E-state index contributed by atoms with van der Waals surface area (Å²) in [5, 5.41) is 5.59. The van der Waals surface area contributed by atoms with Gasteiger partial charge in [0.15, 0.2) is 0 Å². The Kier molecular flexibility index (Phi) is 6.59. The van der Waals surface area contributed by atoms with E-state index < -0.39 is 5.97 Å². The third-order valence-corrected chi connectivity index (χ3v) is 4.75. The Morgan fingerprint density at radius 2 is 1.66 bits per heavy atom. The summed E-state index contributed by atoms with van der Waals surface area (Å²) >= 11 is 0. The molecule has 2 amide bonds. The number of carbonyl (C=O) groups excluding carboxylic acids is 3. The van der Waals surface area contributed by atoms with Crippen LogP contribution in [-0.2, 0) is 20.7 Å². The molecule has 3 rings (SSSR count). The number of rotatable bonds is 8. The molecule has 1 aliphatic carbocycles. The van der Waals surface area contributed by atoms with E-state index in [0.717, 1.165) is 5.56 Å². The Balaban J connectivity index is 1.42. The molecule has 29 heavy (non-hydrogen) atoms. The molecule has 0 heterocycles. The van der Waals surface area contributed by atoms with Gasteiger partial charge in [0.05, 0.1) is 24.0 Å². The van der Waals surface area contributed by atoms with E-state index in [1.807, 2.05) is 0 Å². The average Bonchev–Trinajstić information content (AvgIpc) is 3.51. The summed E-state index contributed by atoms with van der Waals surface area (Å²) in [6, 6.07) is 12.6. The normalized spacial score (nSPS) is 17.3. The topological polar surface area (TPSA) is 84.5 Å². The molecule has 0 aromatic heterocycles. The minimum absolute atomic E-state index is 0.148. The highest BCUT2D eigenvalue weighted by Crippen LogP contribution is 2.39. The van der Waals surface area contributed by atoms with Crippen LogP contribution in [0.25, 0.3) is 0 Å². The smallest absolute Gasteiger partial charge is 0.338 e. The summed E-state index contributed by atoms with van der Waals surface area (Å²) in [5.74, 6) is -1.75. The lowest BCUT2D eigenvalue weighted by Gasteiger charge is -2.07. The maximum atomic E-state index is 12.9. The first-order valence-electron chi connectivity index (χ1n) is 9.58. The summed E-state index contributed by atoms with van der Waals surface area (Å²) in [5.41, 5.74) is 1.91. The lowest BCUT2D eigenvalue weighted by molar-refractivity contribution is -0.125. The Morgan fingerprint density at radius 3 is 2.31 bits per heavy atom. The first-order valence-corrected chi connectivity index (χ1v) is 9.58. The molecule has 1 saturated carbocycles. The third kappa shape index (κ3) is 5.63. The second kappa shape index (κ2) is 9.32. The Bertz CT molecular complexity index is 881. The number of halogens is 1. The Labute approximate surface area is 168 Å². The van der Waals surface area contributed by atoms with Crippen LogP contribution >= 0.6 is 0 Å². The molecule has 2 N–H and O–H groups in total. The minimum atomic E-state index is -0.412. The molecule has 2 unspecified atom stereocenters. The van der Waals surface area contributed by atoms with Crippen LogP contribution in [0.4, 0.5) is 10.1 Å². The molecule has 0 radical (unpaired) electrons. The maximum Gasteiger partial charge on any atom is 0.338 e. The van der Waals surface area contributed by atoms with Gasteiger partial charge in [-0.3, -0.25) is 9.59 Å². The monoisotopic (exact) mass is 398 g/mol. The number of benzene rings is 2. The van der Waals surface area contributed by atoms with E-state index in [9.17, 15) is 18.8 Å². The van der Waals surface area contributed by atoms with Crippen molar-refractivity contribution in [1.82, 2.24) is 5.32 Å². The third-order valence-electron chi connectivity index (χ3n) is 4.75. The summed E-state index contributed by atoms with van der Waals surface area (Å²) in [4.78, 5) is 36.2. The van der Waals surface area contributed by atoms with Crippen LogP contribution in [0.3, 0.4) is 0 Å². The standard InChI is InChI=1S/C22H23FN2O4/c1-2-29-22(28)15-5-9-17(10-6-15)25-21(27)19-13-18(19)20(26)24-12-11-14-3-7-16(23)8-4-14/h3-10,18-19H,2,11-13H2,1H3,(H,24,26)(H,25,27). The molecule has 0 spiro atoms. The van der Waals surface area contributed by atoms with Crippen LogP contribution in [-0.4, -0.2) is 30.9 Å². The van der Waals surface area contributed by atoms with Gasteiger partial charge < -0.3 is 15.4 Å². The zero-order valence-corrected chi connectivity index (χ0v) is 16.1. The second-order valence-electron chi connectivity index (χ2n) is 6.90. The molecule has 2 atom stereocenters. The SMILES string of the molecule is CCOC(=O)c1ccc(NC(=O)C2CC2C(=O)NCCc2ccc(F)cc2)cc1. The number of ether oxygens (including phenoxy) is 1. The molecule has 1 aliphatic rings. The predicted octanol–water partition coefficient (Wildman–Crippen LogP) is 2.94. The van der Waals surface area contributed by atoms with E-state index in [-0.39, 0.29) is 29.5 Å². The van der Waals surface area contributed by atoms with E-state index in [2.05, 4.69) is 10.6 Å². The van der Waals surface area contributed by atoms with Crippen LogP contribution < -0.4 is 10.6 Å². The highest BCUT2D eigenvalue weighted by molar-refractivity contribution is 5.99. The first-order chi connectivity index (χ1) is 14.0. The van der Waals surface area contributed by atoms with Gasteiger partial charge in [0.2, 0.25) is 11.8 Å². The van der Waals surface area contributed by atoms with Crippen molar-refractivity contribution in [2.75, 3.05) is 18.5 Å². The summed E-state index contributed by atoms with van der Waals surface area (Å²) in [7, 11) is 0. The van der Waals surface area contributed by atoms with Crippen molar-refractivity contribution >= 4 is 23.5 Å². The lowest BCUT2D eigenvalue weighted by Crippen LogP contribution is -2.29. The number of hydrogen-bond donors (Lipinski definition) is 2. The summed E-state index contributed by atoms with van der Waals surface area (Å²) in [6.45, 7) is 2.47. The van der Waals surface area contributed by atoms with E-state index in [1.165, 1.54) is 12.1 Å². The lowest BCUT2D eigenvalue weighted by atomic mass is 10.1. The van der Waals surface area contributed by atoms with Crippen LogP contribution in [0.5, 0.6) is 0 Å². The van der Waals surface area contributed by atoms with Crippen molar-refractivity contribution in [2.24, 2.45) is 11.8 Å². The van der Waals surface area contributed by atoms with Crippen LogP contribution in [0.1, 0.15) is 29.3 Å². The van der Waals surface area contributed by atoms with Crippen molar-refractivity contribution in [3.63, 3.8) is 0 Å². The number of hydrogen-bond acceptors (Lipinski definition) is 4. The van der Waals surface area contributed by atoms with Gasteiger partial charge >= 0.3 is 5.97 Å². The van der Waals surface area contributed by atoms with E-state index in [0.29, 0.717) is 37.2 Å². The largest absolute Gasteiger partial charge is 0.462 e. The number of esters is 1. The van der Waals surface area contributed by atoms with Crippen molar-refractivity contribution in [3.05, 3.63) is 65.5 Å². The molecule has 152 valence electrons. The summed E-state index contributed by atoms with van der Waals surface area (Å²) < 4.78 is 17.8. The fourth-order valence-electron chi connectivity index (χ4n) is 3.03. The maximum absolute atomic E-state index is 12.9. The van der Waals surface area contributed by atoms with Gasteiger partial charge in [-0.25, -0.2) is 9.18 Å². The van der Waals surface area contributed by atoms with E-state index >= 15 is 0 Å². The van der Waals surface area contributed by atoms with Gasteiger partial charge in [-0.2, -0.15) is 0 Å². The van der Waals surface area contributed by atoms with Gasteiger partial charge in [0.25, 0.3) is 0 Å². The van der Waals surface area contributed by atoms with Crippen LogP contribution in [0, 0.1) is 17.7 Å². The first kappa shape index (κ1) is 20.5. The van der Waals surface area contributed by atoms with Gasteiger partial charge in [-0.05, 0) is 61.7 Å². The van der Waals surface area contributed by atoms with Crippen molar-refractivity contribution in [2.45, 2.75) is 19.8 Å². The highest BCUT2D eigenvalue weighted by atomic mass is 19.1. The minimum Gasteiger partial charge on any atom is -0.462 e. The molecule has 1 fully saturated rings. The average molecular weight is 398 g/mol. The second-order valence-corrected chi connectivity index (χ2v) is 6.90. The van der Waals surface area contributed by atoms with Gasteiger partial charge in [-0.15, -0.1) is 0 Å². The summed E-state index contributed by atoms with van der Waals surface area (Å²) in [6.07, 6.45) is 1.11. The molecule has 0 saturated heterocycles. The number of carbonyl (C=O) groups is 3. The van der Waals surface area contributed by atoms with Crippen LogP contribution in [0.2, 0.25) is 0 Å². The molecular formula is C22H23FN2O4. The van der Waals surface area contributed by atoms with Crippen molar-refractivity contribution in [3.8, 4) is 0 Å². The van der Waals surface area contributed by atoms with Gasteiger partial charge in [0, 0.05) is 12.2 Å². The number of amides is 2. The van der Waals surface area contributed by atoms with E-state index in [1.54, 1.807) is 43.3 Å². The van der Waals surface area contributed by atoms with Gasteiger partial charge in [0.1, 0.15) is 5.82 Å². The van der Waals surface area contributed by atoms with E-state index in [4.69, 9.17) is 4.74 Å². The van der Waals surface area contributed by atoms with Crippen molar-refractivity contribution < 1.29 is 23.5 Å². The van der Waals surface area contributed by atoms with Gasteiger partial charge in [-0.1, -0.05) is 12.1 Å². The highest BCUT2D eigenvalue weighted by Gasteiger charge is 2.47. The predicted molar refractivity (Wildman–Crippen MR) is 106 cm³/mol. The molecule has 2 aromatic rings. The molecule has 2 aromatic carbocycles. The molecule has 6 nitrogen and oxygen atoms in total. The quantitative estimate of drug-likeness (QED) is 0.670. The fraction of sp³-hybridized carbons (Fsp3) is 0.318. The molecular weight excluding hydrogens is 375 g/mol. The molecule has 0 bridgehead atoms. The fourth-order valence-corrected chi connectivity index (χ4v) is 3.03. The number of nitrogens with one attached hydrogen (secondary N) is 2. The Hall–Kier alpha value is -3.22. The Morgan fingerprint density at radius 1 is 1.00 bits per heavy atom.